The Hall–Kier alpha value is -4.61. The number of aryl methyl sites for hydroxylation is 1. The molecule has 10 nitrogen and oxygen atoms in total. The molecule has 13 heteroatoms. The minimum atomic E-state index is 0. The van der Waals surface area contributed by atoms with Crippen molar-refractivity contribution in [1.29, 1.82) is 0 Å². The van der Waals surface area contributed by atoms with Crippen molar-refractivity contribution in [2.24, 2.45) is 0 Å². The fourth-order valence-electron chi connectivity index (χ4n) is 6.97. The summed E-state index contributed by atoms with van der Waals surface area (Å²) in [5, 5.41) is 0. The average Bonchev–Trinajstić information content (AvgIpc) is 3.19. The predicted octanol–water partition coefficient (Wildman–Crippen LogP) is 9.11. The molecule has 0 N–H and O–H groups in total. The smallest absolute Gasteiger partial charge is 0.203 e. The van der Waals surface area contributed by atoms with E-state index < -0.39 is 0 Å². The van der Waals surface area contributed by atoms with Gasteiger partial charge in [-0.3, -0.25) is 14.9 Å². The number of benzene rings is 3. The molecule has 5 aromatic rings. The van der Waals surface area contributed by atoms with Crippen molar-refractivity contribution in [3.05, 3.63) is 102 Å². The van der Waals surface area contributed by atoms with Crippen LogP contribution in [-0.2, 0) is 13.1 Å². The van der Waals surface area contributed by atoms with Gasteiger partial charge in [0.25, 0.3) is 0 Å². The summed E-state index contributed by atoms with van der Waals surface area (Å²) in [6, 6.07) is 21.5. The molecule has 0 atom stereocenters. The third-order valence-electron chi connectivity index (χ3n) is 9.71. The molecule has 1 aliphatic rings. The van der Waals surface area contributed by atoms with Crippen molar-refractivity contribution in [2.45, 2.75) is 38.9 Å². The van der Waals surface area contributed by atoms with E-state index in [0.717, 1.165) is 72.4 Å². The maximum Gasteiger partial charge on any atom is 0.203 e. The van der Waals surface area contributed by atoms with Crippen molar-refractivity contribution in [3.63, 3.8) is 0 Å². The third kappa shape index (κ3) is 10.4. The molecule has 0 unspecified atom stereocenters. The Labute approximate surface area is 343 Å². The molecule has 0 saturated carbocycles. The van der Waals surface area contributed by atoms with Gasteiger partial charge in [0.2, 0.25) is 11.5 Å². The quantitative estimate of drug-likeness (QED) is 0.108. The van der Waals surface area contributed by atoms with Crippen LogP contribution in [0.2, 0.25) is 0 Å². The molecule has 3 heterocycles. The first kappa shape index (κ1) is 44.8. The topological polar surface area (TPSA) is 87.6 Å². The lowest BCUT2D eigenvalue weighted by molar-refractivity contribution is 0.200. The first-order valence-corrected chi connectivity index (χ1v) is 17.4. The minimum Gasteiger partial charge on any atom is -0.493 e. The molecule has 2 aromatic heterocycles. The van der Waals surface area contributed by atoms with Gasteiger partial charge in [-0.05, 0) is 90.6 Å². The Bertz CT molecular complexity index is 1930. The Kier molecular flexibility index (Phi) is 17.0. The Morgan fingerprint density at radius 1 is 0.564 bits per heavy atom. The van der Waals surface area contributed by atoms with Crippen molar-refractivity contribution < 1.29 is 28.4 Å². The van der Waals surface area contributed by atoms with Crippen LogP contribution in [0, 0.1) is 6.92 Å². The summed E-state index contributed by atoms with van der Waals surface area (Å²) in [5.74, 6) is 3.59. The molecule has 0 bridgehead atoms. The van der Waals surface area contributed by atoms with Gasteiger partial charge in [-0.1, -0.05) is 17.7 Å². The normalized spacial score (nSPS) is 12.6. The number of anilines is 1. The largest absolute Gasteiger partial charge is 0.493 e. The molecule has 0 spiro atoms. The molecule has 1 aliphatic heterocycles. The van der Waals surface area contributed by atoms with Crippen LogP contribution in [0.15, 0.2) is 85.5 Å². The molecule has 0 radical (unpaired) electrons. The van der Waals surface area contributed by atoms with E-state index in [2.05, 4.69) is 63.1 Å². The Morgan fingerprint density at radius 3 is 1.44 bits per heavy atom. The van der Waals surface area contributed by atoms with Crippen molar-refractivity contribution in [2.75, 3.05) is 60.6 Å². The van der Waals surface area contributed by atoms with E-state index in [-0.39, 0.29) is 37.2 Å². The van der Waals surface area contributed by atoms with Gasteiger partial charge >= 0.3 is 0 Å². The number of likely N-dealkylation sites (tertiary alicyclic amines) is 1. The second-order valence-corrected chi connectivity index (χ2v) is 13.0. The zero-order valence-electron chi connectivity index (χ0n) is 32.4. The summed E-state index contributed by atoms with van der Waals surface area (Å²) >= 11 is 0. The number of hydrogen-bond donors (Lipinski definition) is 0. The predicted molar refractivity (Wildman–Crippen MR) is 226 cm³/mol. The van der Waals surface area contributed by atoms with Crippen LogP contribution in [-0.4, -0.2) is 76.7 Å². The summed E-state index contributed by atoms with van der Waals surface area (Å²) in [6.07, 6.45) is 9.75. The van der Waals surface area contributed by atoms with Crippen LogP contribution in [0.5, 0.6) is 34.5 Å². The van der Waals surface area contributed by atoms with Gasteiger partial charge in [-0.15, -0.1) is 37.2 Å². The van der Waals surface area contributed by atoms with Crippen LogP contribution < -0.4 is 33.3 Å². The Morgan fingerprint density at radius 2 is 1.00 bits per heavy atom. The number of ether oxygens (including phenoxy) is 6. The van der Waals surface area contributed by atoms with Crippen LogP contribution in [0.4, 0.5) is 5.69 Å². The lowest BCUT2D eigenvalue weighted by atomic mass is 9.99. The number of methoxy groups -OCH3 is 6. The van der Waals surface area contributed by atoms with Gasteiger partial charge in [-0.2, -0.15) is 0 Å². The van der Waals surface area contributed by atoms with Crippen LogP contribution in [0.1, 0.15) is 29.5 Å². The van der Waals surface area contributed by atoms with Gasteiger partial charge < -0.3 is 33.3 Å². The molecule has 296 valence electrons. The monoisotopic (exact) mass is 812 g/mol. The van der Waals surface area contributed by atoms with E-state index in [0.29, 0.717) is 40.5 Å². The van der Waals surface area contributed by atoms with E-state index in [1.54, 1.807) is 42.7 Å². The number of halogens is 3. The number of hydrogen-bond acceptors (Lipinski definition) is 10. The highest BCUT2D eigenvalue weighted by atomic mass is 35.5. The molecule has 0 amide bonds. The summed E-state index contributed by atoms with van der Waals surface area (Å²) in [5.41, 5.74) is 8.63. The van der Waals surface area contributed by atoms with Crippen molar-refractivity contribution >= 4 is 42.9 Å². The fourth-order valence-corrected chi connectivity index (χ4v) is 6.97. The van der Waals surface area contributed by atoms with Crippen LogP contribution in [0.3, 0.4) is 0 Å². The fraction of sp³-hybridized carbons (Fsp3) is 0.333. The summed E-state index contributed by atoms with van der Waals surface area (Å²) in [6.45, 7) is 5.64. The second kappa shape index (κ2) is 20.9. The number of aromatic nitrogens is 2. The number of pyridine rings is 2. The van der Waals surface area contributed by atoms with E-state index in [9.17, 15) is 0 Å². The van der Waals surface area contributed by atoms with Crippen molar-refractivity contribution in [3.8, 4) is 56.8 Å². The van der Waals surface area contributed by atoms with E-state index in [1.807, 2.05) is 49.1 Å². The first-order chi connectivity index (χ1) is 25.4. The molecule has 1 saturated heterocycles. The van der Waals surface area contributed by atoms with Gasteiger partial charge in [0.05, 0.1) is 42.7 Å². The van der Waals surface area contributed by atoms with Gasteiger partial charge in [-0.25, -0.2) is 0 Å². The maximum absolute atomic E-state index is 5.62. The Balaban J connectivity index is 0.00000271. The van der Waals surface area contributed by atoms with E-state index in [4.69, 9.17) is 28.4 Å². The maximum atomic E-state index is 5.62. The highest BCUT2D eigenvalue weighted by Crippen LogP contribution is 2.42. The number of rotatable bonds is 14. The zero-order valence-corrected chi connectivity index (χ0v) is 34.8. The van der Waals surface area contributed by atoms with E-state index >= 15 is 0 Å². The number of nitrogens with zero attached hydrogens (tertiary/aromatic N) is 4. The SMILES string of the molecule is COc1cc(-c2cncc(CN3CCC(N(Cc4cncc(-c5cc(OC)c(OC)c(OC)c5)c4)c4ccc(C)cc4)CC3)c2)cc(OC)c1OC.Cl.Cl.Cl. The standard InChI is InChI=1S/C42H48N4O6.3ClH/c1-28-8-10-35(11-9-28)46(27-30-17-34(25-44-23-30)32-20-39(49-4)42(52-7)40(21-32)50-5)36-12-14-45(15-13-36)26-29-16-33(24-43-22-29)31-18-37(47-2)41(51-6)38(19-31)48-3;;;/h8-11,16-25,36H,12-15,26-27H2,1-7H3;3*1H. The molecule has 55 heavy (non-hydrogen) atoms. The molecule has 3 aromatic carbocycles. The molecular formula is C42H51Cl3N4O6. The lowest BCUT2D eigenvalue weighted by Crippen LogP contribution is -2.44. The highest BCUT2D eigenvalue weighted by Gasteiger charge is 2.26. The van der Waals surface area contributed by atoms with Crippen LogP contribution >= 0.6 is 37.2 Å². The molecule has 0 aliphatic carbocycles. The second-order valence-electron chi connectivity index (χ2n) is 13.0. The van der Waals surface area contributed by atoms with E-state index in [1.165, 1.54) is 11.3 Å². The zero-order chi connectivity index (χ0) is 36.6. The minimum absolute atomic E-state index is 0. The summed E-state index contributed by atoms with van der Waals surface area (Å²) in [7, 11) is 9.75. The van der Waals surface area contributed by atoms with Gasteiger partial charge in [0.1, 0.15) is 0 Å². The van der Waals surface area contributed by atoms with Crippen molar-refractivity contribution in [1.82, 2.24) is 14.9 Å². The van der Waals surface area contributed by atoms with Crippen LogP contribution in [0.25, 0.3) is 22.3 Å². The summed E-state index contributed by atoms with van der Waals surface area (Å²) in [4.78, 5) is 14.3. The summed E-state index contributed by atoms with van der Waals surface area (Å²) < 4.78 is 33.5. The van der Waals surface area contributed by atoms with Gasteiger partial charge in [0, 0.05) is 73.8 Å². The first-order valence-electron chi connectivity index (χ1n) is 17.4. The molecule has 6 rings (SSSR count). The third-order valence-corrected chi connectivity index (χ3v) is 9.71. The lowest BCUT2D eigenvalue weighted by Gasteiger charge is -2.40. The van der Waals surface area contributed by atoms with Gasteiger partial charge in [0.15, 0.2) is 23.0 Å². The molecule has 1 fully saturated rings. The average molecular weight is 814 g/mol. The highest BCUT2D eigenvalue weighted by molar-refractivity contribution is 5.86. The number of piperidine rings is 1. The molecular weight excluding hydrogens is 763 g/mol.